The summed E-state index contributed by atoms with van der Waals surface area (Å²) in [4.78, 5) is 40.9. The van der Waals surface area contributed by atoms with Gasteiger partial charge in [0.15, 0.2) is 0 Å². The molecular formula is C40H45NO10. The van der Waals surface area contributed by atoms with Gasteiger partial charge in [-0.2, -0.15) is 0 Å². The zero-order chi connectivity index (χ0) is 36.2. The number of carbonyl (C=O) groups is 3. The molecule has 3 aromatic carbocycles. The zero-order valence-electron chi connectivity index (χ0n) is 29.4. The lowest BCUT2D eigenvalue weighted by atomic mass is 9.85. The van der Waals surface area contributed by atoms with Gasteiger partial charge in [0.05, 0.1) is 50.8 Å². The first kappa shape index (κ1) is 37.4. The predicted octanol–water partition coefficient (Wildman–Crippen LogP) is 5.54. The molecule has 1 N–H and O–H groups in total. The Morgan fingerprint density at radius 3 is 1.57 bits per heavy atom. The molecule has 51 heavy (non-hydrogen) atoms. The van der Waals surface area contributed by atoms with Crippen LogP contribution < -0.4 is 5.32 Å². The van der Waals surface area contributed by atoms with Gasteiger partial charge < -0.3 is 38.5 Å². The molecule has 2 heterocycles. The van der Waals surface area contributed by atoms with Crippen LogP contribution >= 0.6 is 0 Å². The molecule has 0 saturated carbocycles. The average Bonchev–Trinajstić information content (AvgIpc) is 3.45. The highest BCUT2D eigenvalue weighted by atomic mass is 16.7. The Morgan fingerprint density at radius 1 is 0.647 bits per heavy atom. The highest BCUT2D eigenvalue weighted by Crippen LogP contribution is 2.36. The summed E-state index contributed by atoms with van der Waals surface area (Å²) < 4.78 is 42.2. The molecule has 0 bridgehead atoms. The Morgan fingerprint density at radius 2 is 1.10 bits per heavy atom. The van der Waals surface area contributed by atoms with E-state index in [1.807, 2.05) is 91.0 Å². The summed E-state index contributed by atoms with van der Waals surface area (Å²) in [6.45, 7) is 7.49. The van der Waals surface area contributed by atoms with Gasteiger partial charge in [-0.25, -0.2) is 9.59 Å². The van der Waals surface area contributed by atoms with Crippen LogP contribution in [0.3, 0.4) is 0 Å². The van der Waals surface area contributed by atoms with E-state index in [0.29, 0.717) is 18.0 Å². The maximum Gasteiger partial charge on any atom is 0.337 e. The second-order valence-electron chi connectivity index (χ2n) is 12.1. The topological polar surface area (TPSA) is 128 Å². The van der Waals surface area contributed by atoms with Crippen LogP contribution in [-0.2, 0) is 67.4 Å². The lowest BCUT2D eigenvalue weighted by Gasteiger charge is -2.30. The number of carbonyl (C=O) groups excluding carboxylic acids is 3. The molecule has 0 aromatic heterocycles. The molecule has 0 radical (unpaired) electrons. The van der Waals surface area contributed by atoms with E-state index < -0.39 is 48.4 Å². The summed E-state index contributed by atoms with van der Waals surface area (Å²) in [5.74, 6) is -3.90. The summed E-state index contributed by atoms with van der Waals surface area (Å²) in [6, 6.07) is 28.9. The van der Waals surface area contributed by atoms with Gasteiger partial charge in [0, 0.05) is 11.4 Å². The van der Waals surface area contributed by atoms with E-state index in [9.17, 15) is 14.4 Å². The van der Waals surface area contributed by atoms with Gasteiger partial charge in [-0.1, -0.05) is 91.0 Å². The van der Waals surface area contributed by atoms with E-state index in [0.717, 1.165) is 16.7 Å². The van der Waals surface area contributed by atoms with Crippen molar-refractivity contribution >= 4 is 17.9 Å². The Kier molecular flexibility index (Phi) is 13.5. The van der Waals surface area contributed by atoms with Crippen molar-refractivity contribution in [2.24, 2.45) is 5.92 Å². The molecule has 0 amide bonds. The summed E-state index contributed by atoms with van der Waals surface area (Å²) in [7, 11) is 0. The standard InChI is InChI=1S/C40H45NO10/c1-5-46-37(42)32-26(3)41-27(4)33(38(43)47-6-2)34(32)39(44)51-40-36(49-24-30-20-14-9-15-21-30)35(48-23-29-18-12-8-13-19-29)31(50-40)25-45-22-28-16-10-7-11-17-28/h7-21,31,34-36,40-41H,5-6,22-25H2,1-4H3/t31-,35-,36-,40?/m1/s1. The average molecular weight is 700 g/mol. The van der Waals surface area contributed by atoms with Crippen LogP contribution in [-0.4, -0.2) is 62.3 Å². The second-order valence-corrected chi connectivity index (χ2v) is 12.1. The molecule has 5 rings (SSSR count). The predicted molar refractivity (Wildman–Crippen MR) is 186 cm³/mol. The van der Waals surface area contributed by atoms with Gasteiger partial charge in [-0.15, -0.1) is 0 Å². The molecule has 1 fully saturated rings. The van der Waals surface area contributed by atoms with Crippen molar-refractivity contribution in [1.29, 1.82) is 0 Å². The third-order valence-electron chi connectivity index (χ3n) is 8.45. The number of hydrogen-bond donors (Lipinski definition) is 1. The number of dihydropyridines is 1. The third kappa shape index (κ3) is 9.71. The van der Waals surface area contributed by atoms with Crippen molar-refractivity contribution in [2.75, 3.05) is 19.8 Å². The van der Waals surface area contributed by atoms with E-state index in [1.54, 1.807) is 27.7 Å². The minimum Gasteiger partial charge on any atom is -0.463 e. The molecule has 4 atom stereocenters. The Labute approximate surface area is 298 Å². The largest absolute Gasteiger partial charge is 0.463 e. The Bertz CT molecular complexity index is 1640. The molecule has 0 aliphatic carbocycles. The molecule has 0 spiro atoms. The number of nitrogens with one attached hydrogen (secondary N) is 1. The lowest BCUT2D eigenvalue weighted by molar-refractivity contribution is -0.200. The summed E-state index contributed by atoms with van der Waals surface area (Å²) in [6.07, 6.45) is -3.67. The number of rotatable bonds is 16. The fourth-order valence-corrected chi connectivity index (χ4v) is 6.07. The molecule has 2 aliphatic heterocycles. The van der Waals surface area contributed by atoms with Crippen LogP contribution in [0.2, 0.25) is 0 Å². The molecule has 3 aromatic rings. The van der Waals surface area contributed by atoms with E-state index in [2.05, 4.69) is 5.32 Å². The Balaban J connectivity index is 1.46. The van der Waals surface area contributed by atoms with Crippen molar-refractivity contribution in [3.8, 4) is 0 Å². The van der Waals surface area contributed by atoms with E-state index in [-0.39, 0.29) is 44.2 Å². The van der Waals surface area contributed by atoms with E-state index in [1.165, 1.54) is 0 Å². The van der Waals surface area contributed by atoms with Crippen LogP contribution in [0.25, 0.3) is 0 Å². The summed E-state index contributed by atoms with van der Waals surface area (Å²) in [5.41, 5.74) is 3.37. The quantitative estimate of drug-likeness (QED) is 0.150. The summed E-state index contributed by atoms with van der Waals surface area (Å²) in [5, 5.41) is 3.02. The molecule has 11 heteroatoms. The maximum absolute atomic E-state index is 14.4. The first-order valence-corrected chi connectivity index (χ1v) is 17.1. The van der Waals surface area contributed by atoms with Crippen LogP contribution in [0, 0.1) is 5.92 Å². The lowest BCUT2D eigenvalue weighted by Crippen LogP contribution is -2.43. The number of esters is 3. The number of allylic oxidation sites excluding steroid dienone is 2. The number of benzene rings is 3. The molecule has 1 unspecified atom stereocenters. The van der Waals surface area contributed by atoms with Crippen molar-refractivity contribution in [1.82, 2.24) is 5.32 Å². The number of ether oxygens (including phenoxy) is 7. The highest BCUT2D eigenvalue weighted by molar-refractivity contribution is 6.05. The minimum absolute atomic E-state index is 0.0566. The van der Waals surface area contributed by atoms with Gasteiger partial charge in [-0.05, 0) is 44.4 Å². The Hall–Kier alpha value is -4.81. The molecule has 11 nitrogen and oxygen atoms in total. The molecular weight excluding hydrogens is 654 g/mol. The van der Waals surface area contributed by atoms with E-state index in [4.69, 9.17) is 33.2 Å². The maximum atomic E-state index is 14.4. The third-order valence-corrected chi connectivity index (χ3v) is 8.45. The number of hydrogen-bond acceptors (Lipinski definition) is 11. The monoisotopic (exact) mass is 699 g/mol. The van der Waals surface area contributed by atoms with Gasteiger partial charge in [0.25, 0.3) is 0 Å². The van der Waals surface area contributed by atoms with Crippen molar-refractivity contribution in [3.63, 3.8) is 0 Å². The SMILES string of the molecule is CCOC(=O)C1=C(C)NC(C)=C(C(=O)OCC)C1C(=O)OC1O[C@H](COCc2ccccc2)[C@@H](OCc2ccccc2)[C@H]1OCc1ccccc1. The van der Waals surface area contributed by atoms with Gasteiger partial charge >= 0.3 is 17.9 Å². The van der Waals surface area contributed by atoms with Crippen LogP contribution in [0.5, 0.6) is 0 Å². The first-order chi connectivity index (χ1) is 24.8. The van der Waals surface area contributed by atoms with Crippen LogP contribution in [0.1, 0.15) is 44.4 Å². The van der Waals surface area contributed by atoms with Gasteiger partial charge in [0.2, 0.25) is 6.29 Å². The minimum atomic E-state index is -1.46. The molecule has 1 saturated heterocycles. The van der Waals surface area contributed by atoms with Crippen molar-refractivity contribution < 1.29 is 47.5 Å². The van der Waals surface area contributed by atoms with Crippen LogP contribution in [0.4, 0.5) is 0 Å². The van der Waals surface area contributed by atoms with Gasteiger partial charge in [0.1, 0.15) is 24.2 Å². The second kappa shape index (κ2) is 18.4. The van der Waals surface area contributed by atoms with E-state index >= 15 is 0 Å². The fourth-order valence-electron chi connectivity index (χ4n) is 6.07. The fraction of sp³-hybridized carbons (Fsp3) is 0.375. The van der Waals surface area contributed by atoms with Gasteiger partial charge in [-0.3, -0.25) is 4.79 Å². The smallest absolute Gasteiger partial charge is 0.337 e. The van der Waals surface area contributed by atoms with Crippen LogP contribution in [0.15, 0.2) is 114 Å². The highest BCUT2D eigenvalue weighted by Gasteiger charge is 2.51. The van der Waals surface area contributed by atoms with Crippen molar-refractivity contribution in [2.45, 2.75) is 72.1 Å². The first-order valence-electron chi connectivity index (χ1n) is 17.1. The molecule has 270 valence electrons. The summed E-state index contributed by atoms with van der Waals surface area (Å²) >= 11 is 0. The molecule has 2 aliphatic rings. The van der Waals surface area contributed by atoms with Crippen molar-refractivity contribution in [3.05, 3.63) is 130 Å². The normalized spacial score (nSPS) is 20.5. The zero-order valence-corrected chi connectivity index (χ0v) is 29.4.